The average Bonchev–Trinajstić information content (AvgIpc) is 2.81. The number of carboxylic acid groups (broad SMARTS) is 1. The van der Waals surface area contributed by atoms with Gasteiger partial charge in [-0.2, -0.15) is 0 Å². The number of halogens is 1. The molecule has 2 aromatic rings. The molecular formula is C14H12FNO3. The highest BCUT2D eigenvalue weighted by atomic mass is 19.1. The molecule has 1 heterocycles. The van der Waals surface area contributed by atoms with Gasteiger partial charge < -0.3 is 9.52 Å². The second kappa shape index (κ2) is 4.50. The Morgan fingerprint density at radius 1 is 1.37 bits per heavy atom. The van der Waals surface area contributed by atoms with Crippen molar-refractivity contribution >= 4 is 17.1 Å². The molecule has 1 aromatic carbocycles. The van der Waals surface area contributed by atoms with E-state index in [0.717, 1.165) is 0 Å². The van der Waals surface area contributed by atoms with Crippen molar-refractivity contribution in [1.29, 1.82) is 0 Å². The van der Waals surface area contributed by atoms with E-state index in [4.69, 9.17) is 4.42 Å². The van der Waals surface area contributed by atoms with Gasteiger partial charge in [-0.05, 0) is 25.0 Å². The monoisotopic (exact) mass is 261 g/mol. The second-order valence-corrected chi connectivity index (χ2v) is 4.66. The van der Waals surface area contributed by atoms with Crippen molar-refractivity contribution < 1.29 is 18.7 Å². The van der Waals surface area contributed by atoms with E-state index in [1.54, 1.807) is 0 Å². The van der Waals surface area contributed by atoms with Crippen molar-refractivity contribution in [2.24, 2.45) is 5.92 Å². The minimum absolute atomic E-state index is 0.294. The van der Waals surface area contributed by atoms with E-state index >= 15 is 0 Å². The zero-order chi connectivity index (χ0) is 13.4. The lowest BCUT2D eigenvalue weighted by Gasteiger charge is -2.21. The number of aliphatic carboxylic acids is 1. The molecule has 3 rings (SSSR count). The molecule has 1 N–H and O–H groups in total. The van der Waals surface area contributed by atoms with Crippen molar-refractivity contribution in [3.05, 3.63) is 42.1 Å². The molecule has 0 aliphatic heterocycles. The summed E-state index contributed by atoms with van der Waals surface area (Å²) in [5.74, 6) is -1.70. The number of benzene rings is 1. The highest BCUT2D eigenvalue weighted by Crippen LogP contribution is 2.35. The van der Waals surface area contributed by atoms with E-state index < -0.39 is 11.9 Å². The fraction of sp³-hybridized carbons (Fsp3) is 0.286. The third kappa shape index (κ3) is 2.12. The van der Waals surface area contributed by atoms with Crippen LogP contribution < -0.4 is 0 Å². The van der Waals surface area contributed by atoms with Crippen LogP contribution in [0.15, 0.2) is 34.8 Å². The van der Waals surface area contributed by atoms with Gasteiger partial charge in [0.2, 0.25) is 0 Å². The smallest absolute Gasteiger partial charge is 0.307 e. The SMILES string of the molecule is O=C(O)[C@H]1CC=CC[C@H]1c1nc2cc(F)ccc2o1. The Hall–Kier alpha value is -2.17. The van der Waals surface area contributed by atoms with Gasteiger partial charge in [0, 0.05) is 6.07 Å². The molecule has 4 nitrogen and oxygen atoms in total. The number of hydrogen-bond acceptors (Lipinski definition) is 3. The lowest BCUT2D eigenvalue weighted by atomic mass is 9.83. The van der Waals surface area contributed by atoms with Gasteiger partial charge in [0.15, 0.2) is 11.5 Å². The summed E-state index contributed by atoms with van der Waals surface area (Å²) in [4.78, 5) is 15.5. The Labute approximate surface area is 108 Å². The summed E-state index contributed by atoms with van der Waals surface area (Å²) < 4.78 is 18.7. The number of oxazole rings is 1. The summed E-state index contributed by atoms with van der Waals surface area (Å²) >= 11 is 0. The fourth-order valence-electron chi connectivity index (χ4n) is 2.44. The van der Waals surface area contributed by atoms with Gasteiger partial charge in [0.25, 0.3) is 0 Å². The lowest BCUT2D eigenvalue weighted by molar-refractivity contribution is -0.142. The minimum atomic E-state index is -0.859. The lowest BCUT2D eigenvalue weighted by Crippen LogP contribution is -2.23. The highest BCUT2D eigenvalue weighted by molar-refractivity contribution is 5.74. The van der Waals surface area contributed by atoms with Crippen LogP contribution in [0.25, 0.3) is 11.1 Å². The zero-order valence-corrected chi connectivity index (χ0v) is 10.0. The van der Waals surface area contributed by atoms with Crippen LogP contribution in [0, 0.1) is 11.7 Å². The highest BCUT2D eigenvalue weighted by Gasteiger charge is 2.33. The first-order chi connectivity index (χ1) is 9.15. The maximum atomic E-state index is 13.1. The van der Waals surface area contributed by atoms with Crippen molar-refractivity contribution in [2.45, 2.75) is 18.8 Å². The standard InChI is InChI=1S/C14H12FNO3/c15-8-5-6-12-11(7-8)16-13(19-12)9-3-1-2-4-10(9)14(17)18/h1-2,5-7,9-10H,3-4H2,(H,17,18)/t9-,10+/m1/s1. The van der Waals surface area contributed by atoms with Crippen molar-refractivity contribution in [1.82, 2.24) is 4.98 Å². The van der Waals surface area contributed by atoms with Crippen LogP contribution in [0.1, 0.15) is 24.7 Å². The minimum Gasteiger partial charge on any atom is -0.481 e. The molecule has 1 aromatic heterocycles. The fourth-order valence-corrected chi connectivity index (χ4v) is 2.44. The summed E-state index contributed by atoms with van der Waals surface area (Å²) in [6.45, 7) is 0. The first kappa shape index (κ1) is 11.9. The molecule has 1 aliphatic carbocycles. The second-order valence-electron chi connectivity index (χ2n) is 4.66. The predicted molar refractivity (Wildman–Crippen MR) is 66.2 cm³/mol. The molecule has 98 valence electrons. The summed E-state index contributed by atoms with van der Waals surface area (Å²) in [6.07, 6.45) is 4.83. The van der Waals surface area contributed by atoms with Crippen LogP contribution in [-0.4, -0.2) is 16.1 Å². The van der Waals surface area contributed by atoms with Crippen molar-refractivity contribution in [3.63, 3.8) is 0 Å². The molecule has 1 aliphatic rings. The Bertz CT molecular complexity index is 662. The Morgan fingerprint density at radius 3 is 2.95 bits per heavy atom. The first-order valence-corrected chi connectivity index (χ1v) is 6.09. The summed E-state index contributed by atoms with van der Waals surface area (Å²) in [7, 11) is 0. The number of fused-ring (bicyclic) bond motifs is 1. The van der Waals surface area contributed by atoms with Gasteiger partial charge in [-0.1, -0.05) is 12.2 Å². The third-order valence-electron chi connectivity index (χ3n) is 3.43. The van der Waals surface area contributed by atoms with Crippen LogP contribution in [0.4, 0.5) is 4.39 Å². The molecule has 0 amide bonds. The van der Waals surface area contributed by atoms with E-state index in [1.165, 1.54) is 18.2 Å². The molecule has 2 atom stereocenters. The Balaban J connectivity index is 2.02. The number of allylic oxidation sites excluding steroid dienone is 2. The normalized spacial score (nSPS) is 22.8. The summed E-state index contributed by atoms with van der Waals surface area (Å²) in [5.41, 5.74) is 0.906. The van der Waals surface area contributed by atoms with Gasteiger partial charge in [-0.15, -0.1) is 0 Å². The maximum absolute atomic E-state index is 13.1. The predicted octanol–water partition coefficient (Wildman–Crippen LogP) is 3.10. The van der Waals surface area contributed by atoms with Gasteiger partial charge in [0.05, 0.1) is 11.8 Å². The molecule has 0 bridgehead atoms. The molecule has 0 saturated carbocycles. The number of rotatable bonds is 2. The largest absolute Gasteiger partial charge is 0.481 e. The number of carboxylic acids is 1. The molecule has 0 unspecified atom stereocenters. The van der Waals surface area contributed by atoms with Crippen molar-refractivity contribution in [3.8, 4) is 0 Å². The van der Waals surface area contributed by atoms with Crippen LogP contribution in [-0.2, 0) is 4.79 Å². The molecule has 5 heteroatoms. The third-order valence-corrected chi connectivity index (χ3v) is 3.43. The summed E-state index contributed by atoms with van der Waals surface area (Å²) in [5, 5.41) is 9.23. The van der Waals surface area contributed by atoms with Crippen LogP contribution >= 0.6 is 0 Å². The molecular weight excluding hydrogens is 249 g/mol. The van der Waals surface area contributed by atoms with Gasteiger partial charge in [-0.25, -0.2) is 9.37 Å². The zero-order valence-electron chi connectivity index (χ0n) is 10.0. The number of nitrogens with zero attached hydrogens (tertiary/aromatic N) is 1. The molecule has 0 spiro atoms. The number of carbonyl (C=O) groups is 1. The van der Waals surface area contributed by atoms with Crippen LogP contribution in [0.3, 0.4) is 0 Å². The van der Waals surface area contributed by atoms with E-state index in [-0.39, 0.29) is 11.7 Å². The van der Waals surface area contributed by atoms with Crippen LogP contribution in [0.2, 0.25) is 0 Å². The van der Waals surface area contributed by atoms with Crippen molar-refractivity contribution in [2.75, 3.05) is 0 Å². The molecule has 0 saturated heterocycles. The Kier molecular flexibility index (Phi) is 2.81. The molecule has 0 radical (unpaired) electrons. The maximum Gasteiger partial charge on any atom is 0.307 e. The van der Waals surface area contributed by atoms with Gasteiger partial charge in [-0.3, -0.25) is 4.79 Å². The van der Waals surface area contributed by atoms with E-state index in [2.05, 4.69) is 4.98 Å². The van der Waals surface area contributed by atoms with E-state index in [0.29, 0.717) is 29.8 Å². The first-order valence-electron chi connectivity index (χ1n) is 6.09. The van der Waals surface area contributed by atoms with E-state index in [9.17, 15) is 14.3 Å². The van der Waals surface area contributed by atoms with Gasteiger partial charge in [0.1, 0.15) is 11.3 Å². The number of hydrogen-bond donors (Lipinski definition) is 1. The number of aromatic nitrogens is 1. The Morgan fingerprint density at radius 2 is 2.16 bits per heavy atom. The molecule has 19 heavy (non-hydrogen) atoms. The molecule has 0 fully saturated rings. The van der Waals surface area contributed by atoms with E-state index in [1.807, 2.05) is 12.2 Å². The van der Waals surface area contributed by atoms with Gasteiger partial charge >= 0.3 is 5.97 Å². The average molecular weight is 261 g/mol. The van der Waals surface area contributed by atoms with Crippen LogP contribution in [0.5, 0.6) is 0 Å². The topological polar surface area (TPSA) is 63.3 Å². The summed E-state index contributed by atoms with van der Waals surface area (Å²) in [6, 6.07) is 4.10. The quantitative estimate of drug-likeness (QED) is 0.844.